The van der Waals surface area contributed by atoms with Crippen molar-refractivity contribution in [3.05, 3.63) is 29.8 Å². The van der Waals surface area contributed by atoms with E-state index in [9.17, 15) is 78.9 Å². The molecule has 0 spiro atoms. The molecule has 13 atom stereocenters. The number of rotatable bonds is 26. The van der Waals surface area contributed by atoms with Gasteiger partial charge in [-0.25, -0.2) is 4.79 Å². The Morgan fingerprint density at radius 3 is 1.67 bits per heavy atom. The number of amides is 8. The van der Waals surface area contributed by atoms with Gasteiger partial charge in [0.15, 0.2) is 6.04 Å². The first-order valence-electron chi connectivity index (χ1n) is 24.4. The Bertz CT molecular complexity index is 2100. The second kappa shape index (κ2) is 27.8. The summed E-state index contributed by atoms with van der Waals surface area (Å²) in [5.74, 6) is -8.81. The molecule has 408 valence electrons. The lowest BCUT2D eigenvalue weighted by molar-refractivity contribution is -0.149. The first-order chi connectivity index (χ1) is 34.5. The molecule has 0 aromatic heterocycles. The lowest BCUT2D eigenvalue weighted by Gasteiger charge is -2.33. The molecule has 3 aliphatic heterocycles. The highest BCUT2D eigenvalue weighted by molar-refractivity contribution is 5.99. The molecule has 1 aromatic rings. The van der Waals surface area contributed by atoms with E-state index in [0.29, 0.717) is 44.2 Å². The summed E-state index contributed by atoms with van der Waals surface area (Å²) >= 11 is 0. The van der Waals surface area contributed by atoms with Crippen molar-refractivity contribution in [2.75, 3.05) is 39.3 Å². The minimum absolute atomic E-state index is 0.0493. The smallest absolute Gasteiger partial charge is 0.328 e. The number of nitrogens with two attached hydrogens (primary N) is 3. The van der Waals surface area contributed by atoms with Gasteiger partial charge in [-0.3, -0.25) is 38.4 Å². The number of nitrogens with one attached hydrogen (secondary N) is 5. The monoisotopic (exact) mass is 1040 g/mol. The first kappa shape index (κ1) is 59.5. The molecule has 4 rings (SSSR count). The molecule has 18 N–H and O–H groups in total. The van der Waals surface area contributed by atoms with Crippen molar-refractivity contribution in [2.45, 2.75) is 157 Å². The Labute approximate surface area is 421 Å². The highest BCUT2D eigenvalue weighted by Crippen LogP contribution is 2.28. The van der Waals surface area contributed by atoms with Crippen LogP contribution in [0.15, 0.2) is 24.3 Å². The van der Waals surface area contributed by atoms with Crippen LogP contribution in [0.3, 0.4) is 0 Å². The van der Waals surface area contributed by atoms with E-state index in [4.69, 9.17) is 17.2 Å². The van der Waals surface area contributed by atoms with Crippen molar-refractivity contribution in [1.29, 1.82) is 0 Å². The van der Waals surface area contributed by atoms with Gasteiger partial charge in [-0.1, -0.05) is 18.6 Å². The Morgan fingerprint density at radius 1 is 0.630 bits per heavy atom. The number of nitrogens with zero attached hydrogens (tertiary/aromatic N) is 3. The number of carboxylic acids is 1. The largest absolute Gasteiger partial charge is 0.508 e. The standard InChI is InChI=1S/C46H73N11O16/c1-23(50-39(65)30(49)7-3-5-13-47)38(64)51-31(8-4-6-14-48)43(69)55-19-27(61)16-34(55)41(67)53-33(22-58)40(66)52-32(15-25-9-11-26(60)12-10-25)44(70)57-21-29(63)18-36(57)45(71)56-20-28(62)17-35(56)42(68)54-37(24(2)59)46(72)73/h9-12,23-24,27-37,58-63H,3-8,13-22,47-49H2,1-2H3,(H,50,65)(H,51,64)(H,52,66)(H,53,67)(H,54,68)(H,72,73)/t23-,24+,27+,28+,29+,30-,31-,32-,33-,34-,35-,36-,37-/m0/s1. The number of hydrogen-bond acceptors (Lipinski definition) is 18. The third-order valence-corrected chi connectivity index (χ3v) is 13.0. The van der Waals surface area contributed by atoms with Crippen LogP contribution in [0.1, 0.15) is 77.2 Å². The number of carbonyl (C=O) groups is 9. The quantitative estimate of drug-likeness (QED) is 0.0384. The molecule has 0 unspecified atom stereocenters. The molecule has 3 fully saturated rings. The number of phenols is 1. The molecule has 0 bridgehead atoms. The third-order valence-electron chi connectivity index (χ3n) is 13.0. The van der Waals surface area contributed by atoms with Gasteiger partial charge in [-0.2, -0.15) is 0 Å². The maximum absolute atomic E-state index is 14.6. The summed E-state index contributed by atoms with van der Waals surface area (Å²) in [7, 11) is 0. The van der Waals surface area contributed by atoms with Crippen molar-refractivity contribution < 1.29 is 78.9 Å². The van der Waals surface area contributed by atoms with Gasteiger partial charge in [0.2, 0.25) is 47.3 Å². The number of unbranched alkanes of at least 4 members (excludes halogenated alkanes) is 2. The number of benzene rings is 1. The topological polar surface area (TPSA) is 443 Å². The lowest BCUT2D eigenvalue weighted by Crippen LogP contribution is -2.61. The van der Waals surface area contributed by atoms with Gasteiger partial charge in [0, 0.05) is 45.3 Å². The van der Waals surface area contributed by atoms with Crippen molar-refractivity contribution in [1.82, 2.24) is 41.3 Å². The van der Waals surface area contributed by atoms with E-state index >= 15 is 0 Å². The number of likely N-dealkylation sites (tertiary alicyclic amines) is 3. The van der Waals surface area contributed by atoms with Crippen LogP contribution in [0.4, 0.5) is 0 Å². The molecule has 27 heteroatoms. The highest BCUT2D eigenvalue weighted by Gasteiger charge is 2.49. The van der Waals surface area contributed by atoms with E-state index in [1.165, 1.54) is 31.2 Å². The maximum Gasteiger partial charge on any atom is 0.328 e. The molecular formula is C46H73N11O16. The van der Waals surface area contributed by atoms with Crippen LogP contribution in [0.5, 0.6) is 5.75 Å². The van der Waals surface area contributed by atoms with Gasteiger partial charge >= 0.3 is 5.97 Å². The molecule has 0 aliphatic carbocycles. The number of β-amino-alcohol motifs (C(OH)–C–C–N with tert-alkyl or cyclic N) is 3. The fraction of sp³-hybridized carbons (Fsp3) is 0.674. The zero-order valence-corrected chi connectivity index (χ0v) is 41.0. The average molecular weight is 1040 g/mol. The molecule has 73 heavy (non-hydrogen) atoms. The fourth-order valence-electron chi connectivity index (χ4n) is 9.01. The number of aliphatic hydroxyl groups excluding tert-OH is 5. The molecule has 1 aromatic carbocycles. The summed E-state index contributed by atoms with van der Waals surface area (Å²) in [5.41, 5.74) is 17.5. The Hall–Kier alpha value is -6.07. The molecule has 0 radical (unpaired) electrons. The predicted octanol–water partition coefficient (Wildman–Crippen LogP) is -6.69. The zero-order valence-electron chi connectivity index (χ0n) is 41.0. The molecular weight excluding hydrogens is 963 g/mol. The minimum atomic E-state index is -1.80. The van der Waals surface area contributed by atoms with Crippen LogP contribution in [0.25, 0.3) is 0 Å². The van der Waals surface area contributed by atoms with E-state index in [1.54, 1.807) is 0 Å². The predicted molar refractivity (Wildman–Crippen MR) is 256 cm³/mol. The second-order valence-corrected chi connectivity index (χ2v) is 18.9. The van der Waals surface area contributed by atoms with Crippen LogP contribution >= 0.6 is 0 Å². The summed E-state index contributed by atoms with van der Waals surface area (Å²) in [4.78, 5) is 125. The summed E-state index contributed by atoms with van der Waals surface area (Å²) in [6, 6.07) is -7.39. The average Bonchev–Trinajstić information content (AvgIpc) is 4.07. The Kier molecular flexibility index (Phi) is 22.7. The minimum Gasteiger partial charge on any atom is -0.508 e. The molecule has 3 heterocycles. The number of carbonyl (C=O) groups excluding carboxylic acids is 8. The Morgan fingerprint density at radius 2 is 1.12 bits per heavy atom. The summed E-state index contributed by atoms with van der Waals surface area (Å²) in [6.45, 7) is 0.912. The molecule has 8 amide bonds. The van der Waals surface area contributed by atoms with Crippen molar-refractivity contribution >= 4 is 53.2 Å². The van der Waals surface area contributed by atoms with E-state index < -0.39 is 152 Å². The SMILES string of the molecule is C[C@H](NC(=O)[C@@H](N)CCCCN)C(=O)N[C@@H](CCCCN)C(=O)N1C[C@H](O)C[C@H]1C(=O)N[C@@H](CO)C(=O)N[C@@H](Cc1ccc(O)cc1)C(=O)N1C[C@H](O)C[C@H]1C(=O)N1C[C@H](O)C[C@H]1C(=O)N[C@H](C(=O)O)[C@@H](C)O. The van der Waals surface area contributed by atoms with Crippen molar-refractivity contribution in [3.8, 4) is 5.75 Å². The van der Waals surface area contributed by atoms with E-state index in [2.05, 4.69) is 26.6 Å². The van der Waals surface area contributed by atoms with Crippen LogP contribution < -0.4 is 43.8 Å². The second-order valence-electron chi connectivity index (χ2n) is 18.9. The molecule has 3 aliphatic rings. The number of hydrogen-bond donors (Lipinski definition) is 15. The van der Waals surface area contributed by atoms with Gasteiger partial charge < -0.3 is 94.2 Å². The van der Waals surface area contributed by atoms with Gasteiger partial charge in [-0.05, 0) is 76.7 Å². The maximum atomic E-state index is 14.6. The summed E-state index contributed by atoms with van der Waals surface area (Å²) in [5, 5.41) is 84.1. The molecule has 0 saturated carbocycles. The number of aliphatic carboxylic acids is 1. The zero-order chi connectivity index (χ0) is 54.3. The van der Waals surface area contributed by atoms with E-state index in [0.717, 1.165) is 21.6 Å². The van der Waals surface area contributed by atoms with Gasteiger partial charge in [0.25, 0.3) is 0 Å². The third kappa shape index (κ3) is 16.5. The van der Waals surface area contributed by atoms with Crippen LogP contribution in [0.2, 0.25) is 0 Å². The first-order valence-corrected chi connectivity index (χ1v) is 24.4. The fourth-order valence-corrected chi connectivity index (χ4v) is 9.01. The van der Waals surface area contributed by atoms with E-state index in [1.807, 2.05) is 0 Å². The van der Waals surface area contributed by atoms with Gasteiger partial charge in [-0.15, -0.1) is 0 Å². The molecule has 3 saturated heterocycles. The van der Waals surface area contributed by atoms with Crippen LogP contribution in [0, 0.1) is 0 Å². The lowest BCUT2D eigenvalue weighted by atomic mass is 10.0. The Balaban J connectivity index is 1.53. The van der Waals surface area contributed by atoms with Crippen LogP contribution in [-0.2, 0) is 49.6 Å². The van der Waals surface area contributed by atoms with Gasteiger partial charge in [0.05, 0.1) is 37.1 Å². The van der Waals surface area contributed by atoms with Crippen molar-refractivity contribution in [3.63, 3.8) is 0 Å². The van der Waals surface area contributed by atoms with Crippen LogP contribution in [-0.4, -0.2) is 222 Å². The highest BCUT2D eigenvalue weighted by atomic mass is 16.4. The normalized spacial score (nSPS) is 23.6. The number of aromatic hydroxyl groups is 1. The van der Waals surface area contributed by atoms with E-state index in [-0.39, 0.29) is 50.9 Å². The summed E-state index contributed by atoms with van der Waals surface area (Å²) in [6.07, 6.45) is -4.22. The summed E-state index contributed by atoms with van der Waals surface area (Å²) < 4.78 is 0. The molecule has 27 nitrogen and oxygen atoms in total. The number of carboxylic acid groups (broad SMARTS) is 1. The number of phenolic OH excluding ortho intramolecular Hbond substituents is 1. The van der Waals surface area contributed by atoms with Gasteiger partial charge in [0.1, 0.15) is 48.0 Å². The van der Waals surface area contributed by atoms with Crippen molar-refractivity contribution in [2.24, 2.45) is 17.2 Å². The number of aliphatic hydroxyl groups is 5.